The summed E-state index contributed by atoms with van der Waals surface area (Å²) in [6.07, 6.45) is 4.03. The van der Waals surface area contributed by atoms with Crippen LogP contribution in [-0.2, 0) is 6.42 Å². The summed E-state index contributed by atoms with van der Waals surface area (Å²) < 4.78 is 0. The van der Waals surface area contributed by atoms with Crippen LogP contribution < -0.4 is 5.32 Å². The number of carbonyl (C=O) groups excluding carboxylic acids is 1. The molecule has 0 fully saturated rings. The van der Waals surface area contributed by atoms with Gasteiger partial charge in [-0.2, -0.15) is 0 Å². The standard InChI is InChI=1S/C20H18N2O2/c23-19-8-6-15(7-9-19)10-11-22-20(24)18-12-17(13-21-14-18)16-4-2-1-3-5-16/h1-9,12-14,23H,10-11H2,(H,22,24). The van der Waals surface area contributed by atoms with Crippen LogP contribution >= 0.6 is 0 Å². The molecule has 0 radical (unpaired) electrons. The van der Waals surface area contributed by atoms with E-state index in [9.17, 15) is 9.90 Å². The number of phenols is 1. The first-order valence-corrected chi connectivity index (χ1v) is 7.79. The third-order valence-corrected chi connectivity index (χ3v) is 3.74. The maximum atomic E-state index is 12.3. The van der Waals surface area contributed by atoms with Gasteiger partial charge in [0.15, 0.2) is 0 Å². The maximum Gasteiger partial charge on any atom is 0.252 e. The van der Waals surface area contributed by atoms with Gasteiger partial charge in [0, 0.05) is 24.5 Å². The topological polar surface area (TPSA) is 62.2 Å². The number of carbonyl (C=O) groups is 1. The SMILES string of the molecule is O=C(NCCc1ccc(O)cc1)c1cncc(-c2ccccc2)c1. The number of rotatable bonds is 5. The quantitative estimate of drug-likeness (QED) is 0.757. The summed E-state index contributed by atoms with van der Waals surface area (Å²) in [6, 6.07) is 18.7. The number of pyridine rings is 1. The first-order valence-electron chi connectivity index (χ1n) is 7.79. The molecule has 0 atom stereocenters. The van der Waals surface area contributed by atoms with E-state index < -0.39 is 0 Å². The molecule has 1 amide bonds. The van der Waals surface area contributed by atoms with E-state index in [1.54, 1.807) is 24.5 Å². The van der Waals surface area contributed by atoms with Gasteiger partial charge in [0.1, 0.15) is 5.75 Å². The number of phenolic OH excluding ortho intramolecular Hbond substituents is 1. The minimum Gasteiger partial charge on any atom is -0.508 e. The van der Waals surface area contributed by atoms with Crippen LogP contribution in [0.4, 0.5) is 0 Å². The van der Waals surface area contributed by atoms with E-state index in [4.69, 9.17) is 0 Å². The Labute approximate surface area is 140 Å². The van der Waals surface area contributed by atoms with Crippen molar-refractivity contribution in [3.05, 3.63) is 84.2 Å². The van der Waals surface area contributed by atoms with E-state index in [2.05, 4.69) is 10.3 Å². The van der Waals surface area contributed by atoms with Gasteiger partial charge in [0.05, 0.1) is 5.56 Å². The molecule has 4 nitrogen and oxygen atoms in total. The van der Waals surface area contributed by atoms with Gasteiger partial charge in [-0.05, 0) is 35.7 Å². The molecule has 0 saturated carbocycles. The van der Waals surface area contributed by atoms with Gasteiger partial charge in [-0.25, -0.2) is 0 Å². The lowest BCUT2D eigenvalue weighted by atomic mass is 10.1. The van der Waals surface area contributed by atoms with Crippen molar-refractivity contribution in [2.24, 2.45) is 0 Å². The molecule has 24 heavy (non-hydrogen) atoms. The second-order valence-electron chi connectivity index (χ2n) is 5.50. The van der Waals surface area contributed by atoms with E-state index in [0.29, 0.717) is 18.5 Å². The zero-order valence-electron chi connectivity index (χ0n) is 13.1. The van der Waals surface area contributed by atoms with Gasteiger partial charge >= 0.3 is 0 Å². The van der Waals surface area contributed by atoms with Crippen LogP contribution in [-0.4, -0.2) is 22.5 Å². The molecule has 4 heteroatoms. The largest absolute Gasteiger partial charge is 0.508 e. The molecule has 0 aliphatic rings. The van der Waals surface area contributed by atoms with E-state index in [0.717, 1.165) is 16.7 Å². The Hall–Kier alpha value is -3.14. The Bertz CT molecular complexity index is 815. The zero-order chi connectivity index (χ0) is 16.8. The normalized spacial score (nSPS) is 10.3. The van der Waals surface area contributed by atoms with Gasteiger partial charge in [-0.15, -0.1) is 0 Å². The summed E-state index contributed by atoms with van der Waals surface area (Å²) in [7, 11) is 0. The first-order chi connectivity index (χ1) is 11.7. The highest BCUT2D eigenvalue weighted by Gasteiger charge is 2.07. The number of nitrogens with zero attached hydrogens (tertiary/aromatic N) is 1. The van der Waals surface area contributed by atoms with Crippen LogP contribution in [0.1, 0.15) is 15.9 Å². The second kappa shape index (κ2) is 7.42. The lowest BCUT2D eigenvalue weighted by Crippen LogP contribution is -2.25. The predicted octanol–water partition coefficient (Wildman–Crippen LogP) is 3.43. The zero-order valence-corrected chi connectivity index (χ0v) is 13.1. The molecule has 0 unspecified atom stereocenters. The van der Waals surface area contributed by atoms with Gasteiger partial charge < -0.3 is 10.4 Å². The van der Waals surface area contributed by atoms with E-state index in [1.165, 1.54) is 0 Å². The Morgan fingerprint density at radius 1 is 0.958 bits per heavy atom. The fourth-order valence-electron chi connectivity index (χ4n) is 2.44. The van der Waals surface area contributed by atoms with Gasteiger partial charge in [-0.3, -0.25) is 9.78 Å². The van der Waals surface area contributed by atoms with Crippen LogP contribution in [0.15, 0.2) is 73.1 Å². The van der Waals surface area contributed by atoms with E-state index >= 15 is 0 Å². The predicted molar refractivity (Wildman–Crippen MR) is 93.8 cm³/mol. The summed E-state index contributed by atoms with van der Waals surface area (Å²) >= 11 is 0. The highest BCUT2D eigenvalue weighted by molar-refractivity contribution is 5.95. The number of hydrogen-bond acceptors (Lipinski definition) is 3. The highest BCUT2D eigenvalue weighted by Crippen LogP contribution is 2.18. The first kappa shape index (κ1) is 15.7. The number of aromatic hydroxyl groups is 1. The molecular weight excluding hydrogens is 300 g/mol. The molecule has 2 aromatic carbocycles. The fourth-order valence-corrected chi connectivity index (χ4v) is 2.44. The van der Waals surface area contributed by atoms with Crippen molar-refractivity contribution in [3.8, 4) is 16.9 Å². The van der Waals surface area contributed by atoms with Crippen LogP contribution in [0.25, 0.3) is 11.1 Å². The molecule has 3 aromatic rings. The third kappa shape index (κ3) is 3.98. The van der Waals surface area contributed by atoms with Crippen molar-refractivity contribution in [2.45, 2.75) is 6.42 Å². The van der Waals surface area contributed by atoms with E-state index in [1.807, 2.05) is 48.5 Å². The summed E-state index contributed by atoms with van der Waals surface area (Å²) in [5.74, 6) is 0.102. The highest BCUT2D eigenvalue weighted by atomic mass is 16.3. The Morgan fingerprint density at radius 2 is 1.71 bits per heavy atom. The summed E-state index contributed by atoms with van der Waals surface area (Å²) in [6.45, 7) is 0.527. The lowest BCUT2D eigenvalue weighted by molar-refractivity contribution is 0.0954. The number of benzene rings is 2. The van der Waals surface area contributed by atoms with Crippen molar-refractivity contribution >= 4 is 5.91 Å². The van der Waals surface area contributed by atoms with Gasteiger partial charge in [-0.1, -0.05) is 42.5 Å². The Morgan fingerprint density at radius 3 is 2.46 bits per heavy atom. The van der Waals surface area contributed by atoms with Crippen molar-refractivity contribution < 1.29 is 9.90 Å². The van der Waals surface area contributed by atoms with Crippen LogP contribution in [0.3, 0.4) is 0 Å². The van der Waals surface area contributed by atoms with Crippen molar-refractivity contribution in [3.63, 3.8) is 0 Å². The van der Waals surface area contributed by atoms with Gasteiger partial charge in [0.2, 0.25) is 0 Å². The summed E-state index contributed by atoms with van der Waals surface area (Å²) in [5, 5.41) is 12.2. The third-order valence-electron chi connectivity index (χ3n) is 3.74. The van der Waals surface area contributed by atoms with Gasteiger partial charge in [0.25, 0.3) is 5.91 Å². The number of hydrogen-bond donors (Lipinski definition) is 2. The molecule has 0 bridgehead atoms. The molecular formula is C20H18N2O2. The van der Waals surface area contributed by atoms with Crippen molar-refractivity contribution in [1.29, 1.82) is 0 Å². The molecule has 0 aliphatic heterocycles. The van der Waals surface area contributed by atoms with Crippen molar-refractivity contribution in [1.82, 2.24) is 10.3 Å². The molecule has 3 rings (SSSR count). The number of aromatic nitrogens is 1. The molecule has 0 aliphatic carbocycles. The Balaban J connectivity index is 1.62. The molecule has 1 heterocycles. The smallest absolute Gasteiger partial charge is 0.252 e. The molecule has 1 aromatic heterocycles. The fraction of sp³-hybridized carbons (Fsp3) is 0.100. The van der Waals surface area contributed by atoms with Crippen LogP contribution in [0, 0.1) is 0 Å². The molecule has 120 valence electrons. The molecule has 0 saturated heterocycles. The van der Waals surface area contributed by atoms with E-state index in [-0.39, 0.29) is 11.7 Å². The lowest BCUT2D eigenvalue weighted by Gasteiger charge is -2.07. The van der Waals surface area contributed by atoms with Crippen LogP contribution in [0.2, 0.25) is 0 Å². The van der Waals surface area contributed by atoms with Crippen molar-refractivity contribution in [2.75, 3.05) is 6.54 Å². The van der Waals surface area contributed by atoms with Crippen LogP contribution in [0.5, 0.6) is 5.75 Å². The average Bonchev–Trinajstić information content (AvgIpc) is 2.64. The summed E-state index contributed by atoms with van der Waals surface area (Å²) in [4.78, 5) is 16.5. The molecule has 0 spiro atoms. The maximum absolute atomic E-state index is 12.3. The minimum absolute atomic E-state index is 0.140. The summed E-state index contributed by atoms with van der Waals surface area (Å²) in [5.41, 5.74) is 3.55. The second-order valence-corrected chi connectivity index (χ2v) is 5.50. The number of amides is 1. The monoisotopic (exact) mass is 318 g/mol. The molecule has 2 N–H and O–H groups in total. The average molecular weight is 318 g/mol. The number of nitrogens with one attached hydrogen (secondary N) is 1. The Kier molecular flexibility index (Phi) is 4.87. The minimum atomic E-state index is -0.140.